The van der Waals surface area contributed by atoms with E-state index in [4.69, 9.17) is 0 Å². The zero-order valence-corrected chi connectivity index (χ0v) is 12.0. The van der Waals surface area contributed by atoms with E-state index in [1.165, 1.54) is 5.56 Å². The van der Waals surface area contributed by atoms with Crippen molar-refractivity contribution < 1.29 is 0 Å². The quantitative estimate of drug-likeness (QED) is 0.744. The minimum Gasteiger partial charge on any atom is -0.323 e. The Hall–Kier alpha value is -2.62. The van der Waals surface area contributed by atoms with E-state index in [1.807, 2.05) is 36.4 Å². The van der Waals surface area contributed by atoms with Crippen molar-refractivity contribution in [2.75, 3.05) is 5.32 Å². The zero-order valence-electron chi connectivity index (χ0n) is 12.0. The predicted molar refractivity (Wildman–Crippen MR) is 84.7 cm³/mol. The van der Waals surface area contributed by atoms with Crippen LogP contribution in [0, 0.1) is 0 Å². The summed E-state index contributed by atoms with van der Waals surface area (Å²) in [5.41, 5.74) is 2.29. The molecule has 1 atom stereocenters. The molecule has 0 saturated carbocycles. The van der Waals surface area contributed by atoms with Crippen LogP contribution in [0.2, 0.25) is 0 Å². The average Bonchev–Trinajstić information content (AvgIpc) is 2.98. The number of benzene rings is 2. The van der Waals surface area contributed by atoms with E-state index in [1.54, 1.807) is 0 Å². The predicted octanol–water partition coefficient (Wildman–Crippen LogP) is 3.89. The molecule has 1 unspecified atom stereocenters. The van der Waals surface area contributed by atoms with Crippen LogP contribution in [-0.2, 0) is 6.42 Å². The largest absolute Gasteiger partial charge is 0.323 e. The van der Waals surface area contributed by atoms with Crippen LogP contribution in [-0.4, -0.2) is 15.2 Å². The molecule has 1 aromatic heterocycles. The first-order valence-corrected chi connectivity index (χ1v) is 7.09. The highest BCUT2D eigenvalue weighted by molar-refractivity contribution is 5.52. The van der Waals surface area contributed by atoms with Crippen molar-refractivity contribution in [2.45, 2.75) is 19.3 Å². The molecule has 0 bridgehead atoms. The molecule has 0 radical (unpaired) electrons. The Bertz CT molecular complexity index is 676. The van der Waals surface area contributed by atoms with E-state index in [0.29, 0.717) is 11.9 Å². The smallest absolute Gasteiger partial charge is 0.246 e. The number of aromatic nitrogens is 3. The fourth-order valence-electron chi connectivity index (χ4n) is 2.27. The van der Waals surface area contributed by atoms with Gasteiger partial charge in [-0.2, -0.15) is 4.98 Å². The molecule has 2 N–H and O–H groups in total. The summed E-state index contributed by atoms with van der Waals surface area (Å²) in [5.74, 6) is 1.81. The number of anilines is 2. The van der Waals surface area contributed by atoms with Gasteiger partial charge in [-0.3, -0.25) is 5.10 Å². The number of nitrogens with one attached hydrogen (secondary N) is 2. The Morgan fingerprint density at radius 2 is 1.67 bits per heavy atom. The Morgan fingerprint density at radius 1 is 1.00 bits per heavy atom. The standard InChI is InChI=1S/C17H18N4/c1-13(12-14-8-4-2-5-9-14)16-19-17(21-20-16)18-15-10-6-3-7-11-15/h2-11,13H,12H2,1H3,(H2,18,19,20,21). The van der Waals surface area contributed by atoms with Crippen molar-refractivity contribution in [3.63, 3.8) is 0 Å². The monoisotopic (exact) mass is 278 g/mol. The fourth-order valence-corrected chi connectivity index (χ4v) is 2.27. The van der Waals surface area contributed by atoms with Crippen molar-refractivity contribution in [1.82, 2.24) is 15.2 Å². The lowest BCUT2D eigenvalue weighted by Gasteiger charge is -2.07. The lowest BCUT2D eigenvalue weighted by molar-refractivity contribution is 0.702. The third-order valence-electron chi connectivity index (χ3n) is 3.38. The van der Waals surface area contributed by atoms with Gasteiger partial charge in [0.15, 0.2) is 0 Å². The van der Waals surface area contributed by atoms with Crippen molar-refractivity contribution in [3.8, 4) is 0 Å². The van der Waals surface area contributed by atoms with Crippen molar-refractivity contribution >= 4 is 11.6 Å². The maximum Gasteiger partial charge on any atom is 0.246 e. The molecule has 3 rings (SSSR count). The molecule has 1 heterocycles. The van der Waals surface area contributed by atoms with Crippen LogP contribution >= 0.6 is 0 Å². The molecule has 2 aromatic carbocycles. The van der Waals surface area contributed by atoms with Crippen LogP contribution in [0.3, 0.4) is 0 Å². The molecule has 0 aliphatic rings. The minimum absolute atomic E-state index is 0.297. The van der Waals surface area contributed by atoms with Crippen molar-refractivity contribution in [1.29, 1.82) is 0 Å². The van der Waals surface area contributed by atoms with Gasteiger partial charge in [0, 0.05) is 11.6 Å². The molecule has 3 aromatic rings. The van der Waals surface area contributed by atoms with Crippen LogP contribution in [0.25, 0.3) is 0 Å². The Morgan fingerprint density at radius 3 is 2.38 bits per heavy atom. The molecule has 0 aliphatic carbocycles. The lowest BCUT2D eigenvalue weighted by atomic mass is 10.0. The number of H-pyrrole nitrogens is 1. The van der Waals surface area contributed by atoms with Crippen LogP contribution < -0.4 is 5.32 Å². The summed E-state index contributed by atoms with van der Waals surface area (Å²) >= 11 is 0. The summed E-state index contributed by atoms with van der Waals surface area (Å²) in [6.45, 7) is 2.15. The number of hydrogen-bond acceptors (Lipinski definition) is 3. The molecular weight excluding hydrogens is 260 g/mol. The van der Waals surface area contributed by atoms with Gasteiger partial charge in [-0.15, -0.1) is 5.10 Å². The molecule has 0 amide bonds. The number of para-hydroxylation sites is 1. The first-order chi connectivity index (χ1) is 10.3. The van der Waals surface area contributed by atoms with Crippen LogP contribution in [0.1, 0.15) is 24.2 Å². The summed E-state index contributed by atoms with van der Waals surface area (Å²) < 4.78 is 0. The van der Waals surface area contributed by atoms with Gasteiger partial charge in [0.05, 0.1) is 0 Å². The molecule has 106 valence electrons. The third-order valence-corrected chi connectivity index (χ3v) is 3.38. The summed E-state index contributed by atoms with van der Waals surface area (Å²) in [5, 5.41) is 10.4. The van der Waals surface area contributed by atoms with E-state index in [0.717, 1.165) is 17.9 Å². The van der Waals surface area contributed by atoms with Gasteiger partial charge in [0.2, 0.25) is 5.95 Å². The Kier molecular flexibility index (Phi) is 3.96. The van der Waals surface area contributed by atoms with E-state index in [9.17, 15) is 0 Å². The lowest BCUT2D eigenvalue weighted by Crippen LogP contribution is -2.01. The molecule has 0 spiro atoms. The summed E-state index contributed by atoms with van der Waals surface area (Å²) in [7, 11) is 0. The molecule has 21 heavy (non-hydrogen) atoms. The molecule has 0 fully saturated rings. The topological polar surface area (TPSA) is 53.6 Å². The fraction of sp³-hybridized carbons (Fsp3) is 0.176. The Labute approximate surface area is 124 Å². The van der Waals surface area contributed by atoms with Gasteiger partial charge in [-0.1, -0.05) is 55.5 Å². The second-order valence-corrected chi connectivity index (χ2v) is 5.13. The second-order valence-electron chi connectivity index (χ2n) is 5.13. The number of nitrogens with zero attached hydrogens (tertiary/aromatic N) is 2. The average molecular weight is 278 g/mol. The molecule has 0 aliphatic heterocycles. The number of rotatable bonds is 5. The van der Waals surface area contributed by atoms with Gasteiger partial charge in [0.25, 0.3) is 0 Å². The van der Waals surface area contributed by atoms with Gasteiger partial charge in [0.1, 0.15) is 5.82 Å². The molecule has 4 nitrogen and oxygen atoms in total. The highest BCUT2D eigenvalue weighted by Gasteiger charge is 2.12. The maximum absolute atomic E-state index is 4.52. The Balaban J connectivity index is 1.67. The van der Waals surface area contributed by atoms with Crippen LogP contribution in [0.15, 0.2) is 60.7 Å². The van der Waals surface area contributed by atoms with Gasteiger partial charge in [-0.05, 0) is 24.1 Å². The number of aromatic amines is 1. The van der Waals surface area contributed by atoms with Crippen LogP contribution in [0.4, 0.5) is 11.6 Å². The number of hydrogen-bond donors (Lipinski definition) is 2. The van der Waals surface area contributed by atoms with Crippen LogP contribution in [0.5, 0.6) is 0 Å². The second kappa shape index (κ2) is 6.22. The SMILES string of the molecule is CC(Cc1ccccc1)c1nc(Nc2ccccc2)n[nH]1. The van der Waals surface area contributed by atoms with Gasteiger partial charge < -0.3 is 5.32 Å². The van der Waals surface area contributed by atoms with Crippen molar-refractivity contribution in [2.24, 2.45) is 0 Å². The summed E-state index contributed by atoms with van der Waals surface area (Å²) in [4.78, 5) is 4.52. The van der Waals surface area contributed by atoms with E-state index in [-0.39, 0.29) is 0 Å². The summed E-state index contributed by atoms with van der Waals surface area (Å²) in [6.07, 6.45) is 0.945. The molecule has 0 saturated heterocycles. The minimum atomic E-state index is 0.297. The molecular formula is C17H18N4. The molecule has 4 heteroatoms. The van der Waals surface area contributed by atoms with E-state index in [2.05, 4.69) is 51.7 Å². The first-order valence-electron chi connectivity index (χ1n) is 7.09. The van der Waals surface area contributed by atoms with Gasteiger partial charge in [-0.25, -0.2) is 0 Å². The first kappa shape index (κ1) is 13.4. The normalized spacial score (nSPS) is 12.0. The van der Waals surface area contributed by atoms with Gasteiger partial charge >= 0.3 is 0 Å². The zero-order chi connectivity index (χ0) is 14.5. The highest BCUT2D eigenvalue weighted by atomic mass is 15.3. The summed E-state index contributed by atoms with van der Waals surface area (Å²) in [6, 6.07) is 20.3. The highest BCUT2D eigenvalue weighted by Crippen LogP contribution is 2.19. The maximum atomic E-state index is 4.52. The van der Waals surface area contributed by atoms with E-state index < -0.39 is 0 Å². The van der Waals surface area contributed by atoms with Crippen molar-refractivity contribution in [3.05, 3.63) is 72.1 Å². The third kappa shape index (κ3) is 3.48. The van der Waals surface area contributed by atoms with E-state index >= 15 is 0 Å².